The molecule has 2 heteroatoms. The normalized spacial score (nSPS) is 31.2. The van der Waals surface area contributed by atoms with E-state index in [0.717, 1.165) is 24.8 Å². The third-order valence-corrected chi connectivity index (χ3v) is 3.67. The molecule has 0 N–H and O–H groups in total. The smallest absolute Gasteiger partial charge is 0.133 e. The van der Waals surface area contributed by atoms with Gasteiger partial charge in [-0.2, -0.15) is 0 Å². The van der Waals surface area contributed by atoms with Crippen LogP contribution >= 0.6 is 0 Å². The van der Waals surface area contributed by atoms with Crippen molar-refractivity contribution in [2.75, 3.05) is 13.1 Å². The SMILES string of the molecule is O=CCN1CCCC1C1CCCC1. The molecular formula is C11H19NO. The first-order valence-corrected chi connectivity index (χ1v) is 5.59. The van der Waals surface area contributed by atoms with E-state index in [9.17, 15) is 4.79 Å². The molecular weight excluding hydrogens is 162 g/mol. The van der Waals surface area contributed by atoms with E-state index in [1.165, 1.54) is 38.5 Å². The maximum absolute atomic E-state index is 10.5. The number of carbonyl (C=O) groups excluding carboxylic acids is 1. The van der Waals surface area contributed by atoms with Crippen LogP contribution in [0.1, 0.15) is 38.5 Å². The van der Waals surface area contributed by atoms with Gasteiger partial charge in [-0.05, 0) is 38.1 Å². The Labute approximate surface area is 80.3 Å². The van der Waals surface area contributed by atoms with Gasteiger partial charge in [-0.15, -0.1) is 0 Å². The average molecular weight is 181 g/mol. The zero-order valence-corrected chi connectivity index (χ0v) is 8.24. The van der Waals surface area contributed by atoms with Gasteiger partial charge in [-0.1, -0.05) is 12.8 Å². The molecule has 1 atom stereocenters. The molecule has 0 aromatic carbocycles. The highest BCUT2D eigenvalue weighted by Gasteiger charge is 2.32. The maximum atomic E-state index is 10.5. The van der Waals surface area contributed by atoms with E-state index in [2.05, 4.69) is 4.90 Å². The minimum atomic E-state index is 0.668. The van der Waals surface area contributed by atoms with Crippen LogP contribution in [0.5, 0.6) is 0 Å². The number of aldehydes is 1. The summed E-state index contributed by atoms with van der Waals surface area (Å²) in [5.74, 6) is 0.905. The highest BCUT2D eigenvalue weighted by atomic mass is 16.1. The van der Waals surface area contributed by atoms with Crippen LogP contribution < -0.4 is 0 Å². The largest absolute Gasteiger partial charge is 0.302 e. The van der Waals surface area contributed by atoms with Crippen molar-refractivity contribution in [3.05, 3.63) is 0 Å². The molecule has 1 unspecified atom stereocenters. The third-order valence-electron chi connectivity index (χ3n) is 3.67. The highest BCUT2D eigenvalue weighted by molar-refractivity contribution is 5.52. The molecule has 1 aliphatic carbocycles. The lowest BCUT2D eigenvalue weighted by Gasteiger charge is -2.27. The van der Waals surface area contributed by atoms with E-state index in [4.69, 9.17) is 0 Å². The van der Waals surface area contributed by atoms with E-state index in [1.807, 2.05) is 0 Å². The van der Waals surface area contributed by atoms with Crippen molar-refractivity contribution in [2.24, 2.45) is 5.92 Å². The lowest BCUT2D eigenvalue weighted by molar-refractivity contribution is -0.109. The summed E-state index contributed by atoms with van der Waals surface area (Å²) in [4.78, 5) is 12.9. The number of carbonyl (C=O) groups is 1. The molecule has 0 aromatic rings. The quantitative estimate of drug-likeness (QED) is 0.619. The molecule has 0 spiro atoms. The molecule has 1 heterocycles. The van der Waals surface area contributed by atoms with Gasteiger partial charge in [-0.25, -0.2) is 0 Å². The van der Waals surface area contributed by atoms with Crippen molar-refractivity contribution in [3.8, 4) is 0 Å². The lowest BCUT2D eigenvalue weighted by Crippen LogP contribution is -2.35. The van der Waals surface area contributed by atoms with Crippen molar-refractivity contribution >= 4 is 6.29 Å². The Kier molecular flexibility index (Phi) is 2.99. The van der Waals surface area contributed by atoms with E-state index >= 15 is 0 Å². The molecule has 1 saturated heterocycles. The Morgan fingerprint density at radius 1 is 1.15 bits per heavy atom. The van der Waals surface area contributed by atoms with Crippen LogP contribution in [0, 0.1) is 5.92 Å². The minimum Gasteiger partial charge on any atom is -0.302 e. The fourth-order valence-electron chi connectivity index (χ4n) is 3.05. The van der Waals surface area contributed by atoms with Crippen molar-refractivity contribution in [3.63, 3.8) is 0 Å². The van der Waals surface area contributed by atoms with Gasteiger partial charge in [0.15, 0.2) is 0 Å². The molecule has 2 rings (SSSR count). The Balaban J connectivity index is 1.91. The van der Waals surface area contributed by atoms with Crippen LogP contribution in [-0.2, 0) is 4.79 Å². The van der Waals surface area contributed by atoms with Crippen LogP contribution in [-0.4, -0.2) is 30.3 Å². The van der Waals surface area contributed by atoms with E-state index in [1.54, 1.807) is 0 Å². The monoisotopic (exact) mass is 181 g/mol. The van der Waals surface area contributed by atoms with Gasteiger partial charge in [0.1, 0.15) is 6.29 Å². The topological polar surface area (TPSA) is 20.3 Å². The zero-order chi connectivity index (χ0) is 9.10. The predicted octanol–water partition coefficient (Wildman–Crippen LogP) is 1.84. The van der Waals surface area contributed by atoms with Crippen LogP contribution in [0.15, 0.2) is 0 Å². The molecule has 1 aliphatic heterocycles. The van der Waals surface area contributed by atoms with E-state index in [-0.39, 0.29) is 0 Å². The first-order valence-electron chi connectivity index (χ1n) is 5.59. The second kappa shape index (κ2) is 4.23. The number of likely N-dealkylation sites (tertiary alicyclic amines) is 1. The first kappa shape index (κ1) is 9.20. The summed E-state index contributed by atoms with van der Waals surface area (Å²) in [5, 5.41) is 0. The predicted molar refractivity (Wildman–Crippen MR) is 52.6 cm³/mol. The third kappa shape index (κ3) is 1.93. The second-order valence-corrected chi connectivity index (χ2v) is 4.42. The fourth-order valence-corrected chi connectivity index (χ4v) is 3.05. The molecule has 2 aliphatic rings. The van der Waals surface area contributed by atoms with Crippen LogP contribution in [0.4, 0.5) is 0 Å². The summed E-state index contributed by atoms with van der Waals surface area (Å²) in [5.41, 5.74) is 0. The number of rotatable bonds is 3. The molecule has 0 aromatic heterocycles. The highest BCUT2D eigenvalue weighted by Crippen LogP contribution is 2.34. The Hall–Kier alpha value is -0.370. The average Bonchev–Trinajstić information content (AvgIpc) is 2.71. The summed E-state index contributed by atoms with van der Waals surface area (Å²) >= 11 is 0. The Morgan fingerprint density at radius 3 is 2.62 bits per heavy atom. The maximum Gasteiger partial charge on any atom is 0.133 e. The van der Waals surface area contributed by atoms with Crippen molar-refractivity contribution in [2.45, 2.75) is 44.6 Å². The Bertz CT molecular complexity index is 175. The summed E-state index contributed by atoms with van der Waals surface area (Å²) in [6.07, 6.45) is 9.33. The van der Waals surface area contributed by atoms with E-state index in [0.29, 0.717) is 6.54 Å². The molecule has 0 bridgehead atoms. The Morgan fingerprint density at radius 2 is 1.92 bits per heavy atom. The fraction of sp³-hybridized carbons (Fsp3) is 0.909. The van der Waals surface area contributed by atoms with Crippen molar-refractivity contribution < 1.29 is 4.79 Å². The summed E-state index contributed by atoms with van der Waals surface area (Å²) in [6, 6.07) is 0.743. The van der Waals surface area contributed by atoms with Gasteiger partial charge in [-0.3, -0.25) is 4.90 Å². The van der Waals surface area contributed by atoms with Crippen molar-refractivity contribution in [1.29, 1.82) is 0 Å². The van der Waals surface area contributed by atoms with Gasteiger partial charge >= 0.3 is 0 Å². The first-order chi connectivity index (χ1) is 6.42. The minimum absolute atomic E-state index is 0.668. The van der Waals surface area contributed by atoms with Gasteiger partial charge < -0.3 is 4.79 Å². The van der Waals surface area contributed by atoms with Gasteiger partial charge in [0.2, 0.25) is 0 Å². The van der Waals surface area contributed by atoms with Gasteiger partial charge in [0.25, 0.3) is 0 Å². The molecule has 0 amide bonds. The second-order valence-electron chi connectivity index (χ2n) is 4.42. The van der Waals surface area contributed by atoms with Crippen LogP contribution in [0.2, 0.25) is 0 Å². The number of hydrogen-bond donors (Lipinski definition) is 0. The van der Waals surface area contributed by atoms with Crippen molar-refractivity contribution in [1.82, 2.24) is 4.90 Å². The molecule has 74 valence electrons. The van der Waals surface area contributed by atoms with E-state index < -0.39 is 0 Å². The number of nitrogens with zero attached hydrogens (tertiary/aromatic N) is 1. The summed E-state index contributed by atoms with van der Waals surface area (Å²) in [6.45, 7) is 1.82. The van der Waals surface area contributed by atoms with Crippen LogP contribution in [0.3, 0.4) is 0 Å². The molecule has 13 heavy (non-hydrogen) atoms. The lowest BCUT2D eigenvalue weighted by atomic mass is 9.96. The standard InChI is InChI=1S/C11H19NO/c13-9-8-12-7-3-6-11(12)10-4-1-2-5-10/h9-11H,1-8H2. The molecule has 1 saturated carbocycles. The van der Waals surface area contributed by atoms with Gasteiger partial charge in [0, 0.05) is 6.04 Å². The number of hydrogen-bond acceptors (Lipinski definition) is 2. The molecule has 2 fully saturated rings. The molecule has 0 radical (unpaired) electrons. The van der Waals surface area contributed by atoms with Gasteiger partial charge in [0.05, 0.1) is 6.54 Å². The zero-order valence-electron chi connectivity index (χ0n) is 8.24. The summed E-state index contributed by atoms with van der Waals surface area (Å²) < 4.78 is 0. The molecule has 2 nitrogen and oxygen atoms in total. The summed E-state index contributed by atoms with van der Waals surface area (Å²) in [7, 11) is 0. The van der Waals surface area contributed by atoms with Crippen LogP contribution in [0.25, 0.3) is 0 Å².